The number of aromatic amines is 1. The van der Waals surface area contributed by atoms with Gasteiger partial charge in [-0.25, -0.2) is 4.98 Å². The number of fused-ring (bicyclic) bond motifs is 1. The molecule has 5 heteroatoms. The van der Waals surface area contributed by atoms with Crippen molar-refractivity contribution in [2.75, 3.05) is 4.90 Å². The normalized spacial score (nSPS) is 15.8. The lowest BCUT2D eigenvalue weighted by atomic mass is 10.2. The number of hydrogen-bond donors (Lipinski definition) is 2. The second-order valence-electron chi connectivity index (χ2n) is 3.47. The van der Waals surface area contributed by atoms with Crippen molar-refractivity contribution in [3.8, 4) is 0 Å². The number of rotatable bonds is 1. The minimum atomic E-state index is -0.181. The van der Waals surface area contributed by atoms with Crippen molar-refractivity contribution in [3.05, 3.63) is 24.4 Å². The Morgan fingerprint density at radius 3 is 2.93 bits per heavy atom. The Bertz CT molecular complexity index is 393. The predicted molar refractivity (Wildman–Crippen MR) is 52.8 cm³/mol. The number of amides is 1. The lowest BCUT2D eigenvalue weighted by Crippen LogP contribution is -2.44. The van der Waals surface area contributed by atoms with Crippen LogP contribution in [0.3, 0.4) is 0 Å². The maximum absolute atomic E-state index is 11.5. The van der Waals surface area contributed by atoms with Gasteiger partial charge in [-0.15, -0.1) is 0 Å². The molecule has 1 amide bonds. The molecule has 0 radical (unpaired) electrons. The molecule has 5 nitrogen and oxygen atoms in total. The molecule has 0 bridgehead atoms. The summed E-state index contributed by atoms with van der Waals surface area (Å²) in [6.45, 7) is 7.82. The number of anilines is 1. The molecular weight excluding hydrogens is 180 g/mol. The van der Waals surface area contributed by atoms with Crippen molar-refractivity contribution < 1.29 is 4.79 Å². The van der Waals surface area contributed by atoms with E-state index in [1.165, 1.54) is 6.33 Å². The van der Waals surface area contributed by atoms with Crippen LogP contribution < -0.4 is 10.2 Å². The van der Waals surface area contributed by atoms with Gasteiger partial charge in [0.2, 0.25) is 0 Å². The molecule has 1 aromatic rings. The van der Waals surface area contributed by atoms with Gasteiger partial charge >= 0.3 is 0 Å². The zero-order valence-electron chi connectivity index (χ0n) is 8.16. The van der Waals surface area contributed by atoms with E-state index in [0.29, 0.717) is 17.3 Å². The van der Waals surface area contributed by atoms with Gasteiger partial charge in [-0.2, -0.15) is 0 Å². The van der Waals surface area contributed by atoms with Crippen molar-refractivity contribution in [2.24, 2.45) is 0 Å². The SMILES string of the molecule is C=C1NC(=O)c2[nH]cnc2N1C(C)C. The number of H-pyrrole nitrogens is 1. The van der Waals surface area contributed by atoms with E-state index in [1.807, 2.05) is 18.7 Å². The van der Waals surface area contributed by atoms with Crippen LogP contribution in [0.1, 0.15) is 24.3 Å². The summed E-state index contributed by atoms with van der Waals surface area (Å²) in [6, 6.07) is 0.213. The Morgan fingerprint density at radius 1 is 1.57 bits per heavy atom. The van der Waals surface area contributed by atoms with Gasteiger partial charge in [-0.3, -0.25) is 4.79 Å². The summed E-state index contributed by atoms with van der Waals surface area (Å²) in [5.41, 5.74) is 0.492. The number of carbonyl (C=O) groups excluding carboxylic acids is 1. The molecule has 1 aromatic heterocycles. The van der Waals surface area contributed by atoms with Crippen LogP contribution in [0.5, 0.6) is 0 Å². The van der Waals surface area contributed by atoms with E-state index in [-0.39, 0.29) is 11.9 Å². The van der Waals surface area contributed by atoms with Crippen molar-refractivity contribution >= 4 is 11.7 Å². The van der Waals surface area contributed by atoms with Gasteiger partial charge in [0, 0.05) is 6.04 Å². The van der Waals surface area contributed by atoms with Gasteiger partial charge in [-0.1, -0.05) is 6.58 Å². The molecule has 0 saturated carbocycles. The fourth-order valence-corrected chi connectivity index (χ4v) is 1.57. The molecule has 0 spiro atoms. The summed E-state index contributed by atoms with van der Waals surface area (Å²) in [5, 5.41) is 2.67. The highest BCUT2D eigenvalue weighted by molar-refractivity contribution is 6.00. The summed E-state index contributed by atoms with van der Waals surface area (Å²) in [6.07, 6.45) is 1.51. The third-order valence-electron chi connectivity index (χ3n) is 2.14. The molecule has 0 unspecified atom stereocenters. The Kier molecular flexibility index (Phi) is 1.80. The molecule has 14 heavy (non-hydrogen) atoms. The Labute approximate surface area is 81.8 Å². The van der Waals surface area contributed by atoms with E-state index < -0.39 is 0 Å². The van der Waals surface area contributed by atoms with E-state index in [0.717, 1.165) is 0 Å². The van der Waals surface area contributed by atoms with Crippen LogP contribution in [-0.2, 0) is 0 Å². The fraction of sp³-hybridized carbons (Fsp3) is 0.333. The molecule has 0 aromatic carbocycles. The van der Waals surface area contributed by atoms with Gasteiger partial charge in [-0.05, 0) is 13.8 Å². The maximum Gasteiger partial charge on any atom is 0.277 e. The number of hydrogen-bond acceptors (Lipinski definition) is 3. The molecule has 74 valence electrons. The summed E-state index contributed by atoms with van der Waals surface area (Å²) >= 11 is 0. The second-order valence-corrected chi connectivity index (χ2v) is 3.47. The molecular formula is C9H12N4O. The third-order valence-corrected chi connectivity index (χ3v) is 2.14. The van der Waals surface area contributed by atoms with Crippen LogP contribution >= 0.6 is 0 Å². The summed E-state index contributed by atoms with van der Waals surface area (Å²) in [7, 11) is 0. The topological polar surface area (TPSA) is 61.0 Å². The lowest BCUT2D eigenvalue weighted by Gasteiger charge is -2.32. The van der Waals surface area contributed by atoms with Crippen LogP contribution in [0, 0.1) is 0 Å². The van der Waals surface area contributed by atoms with Crippen LogP contribution in [0.4, 0.5) is 5.82 Å². The number of nitrogens with zero attached hydrogens (tertiary/aromatic N) is 2. The monoisotopic (exact) mass is 192 g/mol. The minimum absolute atomic E-state index is 0.181. The van der Waals surface area contributed by atoms with E-state index in [2.05, 4.69) is 21.9 Å². The van der Waals surface area contributed by atoms with Gasteiger partial charge in [0.25, 0.3) is 5.91 Å². The van der Waals surface area contributed by atoms with Crippen LogP contribution in [0.15, 0.2) is 18.7 Å². The zero-order valence-corrected chi connectivity index (χ0v) is 8.16. The smallest absolute Gasteiger partial charge is 0.277 e. The first-order valence-electron chi connectivity index (χ1n) is 4.44. The number of nitrogens with one attached hydrogen (secondary N) is 2. The Balaban J connectivity index is 2.51. The molecule has 2 N–H and O–H groups in total. The van der Waals surface area contributed by atoms with Gasteiger partial charge in [0.15, 0.2) is 5.82 Å². The quantitative estimate of drug-likeness (QED) is 0.693. The molecule has 0 saturated heterocycles. The van der Waals surface area contributed by atoms with Gasteiger partial charge in [0.1, 0.15) is 11.5 Å². The molecule has 0 aliphatic carbocycles. The highest BCUT2D eigenvalue weighted by atomic mass is 16.2. The van der Waals surface area contributed by atoms with Crippen molar-refractivity contribution in [2.45, 2.75) is 19.9 Å². The molecule has 1 aliphatic rings. The highest BCUT2D eigenvalue weighted by Gasteiger charge is 2.29. The highest BCUT2D eigenvalue weighted by Crippen LogP contribution is 2.25. The van der Waals surface area contributed by atoms with E-state index in [4.69, 9.17) is 0 Å². The number of aromatic nitrogens is 2. The number of carbonyl (C=O) groups is 1. The number of imidazole rings is 1. The summed E-state index contributed by atoms with van der Waals surface area (Å²) < 4.78 is 0. The van der Waals surface area contributed by atoms with E-state index in [9.17, 15) is 4.79 Å². The average molecular weight is 192 g/mol. The molecule has 0 atom stereocenters. The second kappa shape index (κ2) is 2.87. The lowest BCUT2D eigenvalue weighted by molar-refractivity contribution is 0.0956. The van der Waals surface area contributed by atoms with Gasteiger partial charge < -0.3 is 15.2 Å². The first kappa shape index (κ1) is 8.80. The first-order valence-corrected chi connectivity index (χ1v) is 4.44. The summed E-state index contributed by atoms with van der Waals surface area (Å²) in [4.78, 5) is 20.3. The summed E-state index contributed by atoms with van der Waals surface area (Å²) in [5.74, 6) is 1.04. The van der Waals surface area contributed by atoms with E-state index >= 15 is 0 Å². The molecule has 0 fully saturated rings. The third kappa shape index (κ3) is 1.09. The van der Waals surface area contributed by atoms with Crippen LogP contribution in [-0.4, -0.2) is 21.9 Å². The van der Waals surface area contributed by atoms with Crippen LogP contribution in [0.25, 0.3) is 0 Å². The maximum atomic E-state index is 11.5. The zero-order chi connectivity index (χ0) is 10.3. The standard InChI is InChI=1S/C9H12N4O/c1-5(2)13-6(3)12-9(14)7-8(13)11-4-10-7/h4-5H,3H2,1-2H3,(H,10,11)(H,12,14). The first-order chi connectivity index (χ1) is 6.61. The Morgan fingerprint density at radius 2 is 2.29 bits per heavy atom. The Hall–Kier alpha value is -1.78. The van der Waals surface area contributed by atoms with Gasteiger partial charge in [0.05, 0.1) is 6.33 Å². The predicted octanol–water partition coefficient (Wildman–Crippen LogP) is 0.839. The minimum Gasteiger partial charge on any atom is -0.339 e. The molecule has 2 heterocycles. The van der Waals surface area contributed by atoms with E-state index in [1.54, 1.807) is 0 Å². The fourth-order valence-electron chi connectivity index (χ4n) is 1.57. The van der Waals surface area contributed by atoms with Crippen LogP contribution in [0.2, 0.25) is 0 Å². The van der Waals surface area contributed by atoms with Crippen molar-refractivity contribution in [1.29, 1.82) is 0 Å². The molecule has 2 rings (SSSR count). The largest absolute Gasteiger partial charge is 0.339 e. The van der Waals surface area contributed by atoms with Crippen molar-refractivity contribution in [3.63, 3.8) is 0 Å². The van der Waals surface area contributed by atoms with Crippen molar-refractivity contribution in [1.82, 2.24) is 15.3 Å². The molecule has 1 aliphatic heterocycles. The average Bonchev–Trinajstić information content (AvgIpc) is 2.51.